The number of nitrogens with one attached hydrogen (secondary N) is 4. The zero-order valence-corrected chi connectivity index (χ0v) is 67.7. The normalized spacial score (nSPS) is 32.9. The van der Waals surface area contributed by atoms with Crippen LogP contribution in [0.1, 0.15) is 126 Å². The lowest BCUT2D eigenvalue weighted by Gasteiger charge is -2.28. The highest BCUT2D eigenvalue weighted by molar-refractivity contribution is 7.49. The molecule has 0 bridgehead atoms. The molecule has 4 aromatic carbocycles. The third kappa shape index (κ3) is 20.1. The molecule has 648 valence electrons. The summed E-state index contributed by atoms with van der Waals surface area (Å²) < 4.78 is 246. The Bertz CT molecular complexity index is 6370. The molecule has 12 heterocycles. The second-order valence-electron chi connectivity index (χ2n) is 28.6. The van der Waals surface area contributed by atoms with Crippen molar-refractivity contribution in [2.75, 3.05) is 26.3 Å². The summed E-state index contributed by atoms with van der Waals surface area (Å²) in [4.78, 5) is 100. The van der Waals surface area contributed by atoms with E-state index >= 15 is 17.6 Å². The van der Waals surface area contributed by atoms with Crippen molar-refractivity contribution < 1.29 is 138 Å². The number of aromatic amines is 4. The zero-order chi connectivity index (χ0) is 92.2. The highest BCUT2D eigenvalue weighted by Crippen LogP contribution is 2.61. The Labute approximate surface area is 682 Å². The maximum Gasteiger partial charge on any atom is 0.530 e. The Kier molecular flexibility index (Phi) is 23.0. The molecule has 48 heteroatoms. The number of rotatable bonds is 16. The lowest BCUT2D eigenvalue weighted by Crippen LogP contribution is -2.35. The number of aromatic nitrogens is 8. The Morgan fingerprint density at radius 3 is 0.958 bits per heavy atom. The van der Waals surface area contributed by atoms with Crippen molar-refractivity contribution in [2.24, 2.45) is 0 Å². The summed E-state index contributed by atoms with van der Waals surface area (Å²) in [5.41, 5.74) is 1.75. The predicted octanol–water partition coefficient (Wildman–Crippen LogP) is 7.33. The first-order chi connectivity index (χ1) is 58.5. The number of hydrogen-bond acceptors (Lipinski definition) is 32. The van der Waals surface area contributed by atoms with Crippen LogP contribution in [0.2, 0.25) is 0 Å². The van der Waals surface area contributed by atoms with Crippen LogP contribution in [0.3, 0.4) is 0 Å². The van der Waals surface area contributed by atoms with E-state index in [4.69, 9.17) is 81.5 Å². The van der Waals surface area contributed by atoms with Crippen LogP contribution in [0.4, 0.5) is 17.6 Å². The van der Waals surface area contributed by atoms with Gasteiger partial charge in [-0.25, -0.2) is 55.0 Å². The number of halogens is 4. The van der Waals surface area contributed by atoms with Gasteiger partial charge in [0.15, 0.2) is 24.9 Å². The summed E-state index contributed by atoms with van der Waals surface area (Å²) in [5.74, 6) is -11.3. The number of aliphatic hydroxyl groups excluding tert-OH is 4. The number of phosphoric acid groups is 4. The fourth-order valence-corrected chi connectivity index (χ4v) is 18.4. The van der Waals surface area contributed by atoms with Crippen LogP contribution in [-0.4, -0.2) is 133 Å². The van der Waals surface area contributed by atoms with Gasteiger partial charge < -0.3 is 57.5 Å². The summed E-state index contributed by atoms with van der Waals surface area (Å²) >= 11 is 0. The number of ether oxygens (including phenoxy) is 4. The first-order valence-electron chi connectivity index (χ1n) is 38.9. The number of phosphoric ester groups is 4. The molecule has 0 radical (unpaired) electrons. The number of fused-ring (bicyclic) bond motifs is 4. The Balaban J connectivity index is 0.000000144. The SMILES string of the molecule is Cc1cc(C)c2c(c1)COP(=O)(OC[C@]1(F)C[C@@H](O)[C@H](n3ccc(=O)[nH]c3=O)O1)O2.[2H]C([2H])(OP1(=O)OCc2cc(C)cc(C)c2O1)[C@]1(F)C[C@@H](O)[C@H](n2ccc(=O)[nH]c2=O)O1.[2H]C([2H])(OP1(=O)OCc2cc(C)cc(C)c2O1)[C@]1(F)C[C@@H](O)[C@]([2H])(n2ccc(=O)[nH]c2=O)O1.[2H][C@@]1(n2ccc(=O)[nH]c2=O)O[C@](F)(COP2(=O)OCc3cc(C)cc(C)c3O2)C[C@H]1O. The van der Waals surface area contributed by atoms with Crippen LogP contribution in [0, 0.1) is 55.4 Å². The fraction of sp³-hybridized carbons (Fsp3) is 0.444. The Hall–Kier alpha value is -9.20. The van der Waals surface area contributed by atoms with E-state index in [0.717, 1.165) is 81.4 Å². The van der Waals surface area contributed by atoms with Gasteiger partial charge in [0.1, 0.15) is 73.7 Å². The van der Waals surface area contributed by atoms with Crippen molar-refractivity contribution in [2.45, 2.75) is 180 Å². The topological polar surface area (TPSA) is 516 Å². The minimum Gasteiger partial charge on any atom is -0.403 e. The summed E-state index contributed by atoms with van der Waals surface area (Å²) in [5, 5.41) is 40.9. The average Bonchev–Trinajstić information content (AvgIpc) is 1.57. The Morgan fingerprint density at radius 2 is 0.642 bits per heavy atom. The molecule has 8 aliphatic rings. The quantitative estimate of drug-likeness (QED) is 0.0346. The smallest absolute Gasteiger partial charge is 0.403 e. The molecule has 0 saturated carbocycles. The van der Waals surface area contributed by atoms with Gasteiger partial charge in [0.2, 0.25) is 23.4 Å². The first kappa shape index (κ1) is 80.5. The minimum atomic E-state index is -4.71. The molecule has 120 heavy (non-hydrogen) atoms. The third-order valence-electron chi connectivity index (χ3n) is 18.5. The van der Waals surface area contributed by atoms with Crippen molar-refractivity contribution in [3.8, 4) is 23.0 Å². The number of H-pyrrole nitrogens is 4. The van der Waals surface area contributed by atoms with Crippen LogP contribution in [0.25, 0.3) is 0 Å². The maximum absolute atomic E-state index is 15.7. The van der Waals surface area contributed by atoms with E-state index in [0.29, 0.717) is 64.1 Å². The van der Waals surface area contributed by atoms with Crippen molar-refractivity contribution >= 4 is 31.3 Å². The molecule has 8 aliphatic heterocycles. The molecular formula is C72H80F4N8O32P4. The van der Waals surface area contributed by atoms with Crippen LogP contribution in [0.15, 0.2) is 136 Å². The van der Waals surface area contributed by atoms with Gasteiger partial charge in [0.25, 0.3) is 22.2 Å². The van der Waals surface area contributed by atoms with Crippen molar-refractivity contribution in [1.82, 2.24) is 38.2 Å². The Morgan fingerprint density at radius 1 is 0.392 bits per heavy atom. The highest BCUT2D eigenvalue weighted by atomic mass is 31.2. The van der Waals surface area contributed by atoms with Crippen molar-refractivity contribution in [3.05, 3.63) is 248 Å². The molecule has 16 atom stereocenters. The highest BCUT2D eigenvalue weighted by Gasteiger charge is 2.55. The van der Waals surface area contributed by atoms with Crippen LogP contribution >= 0.6 is 31.3 Å². The van der Waals surface area contributed by atoms with E-state index in [1.54, 1.807) is 58.0 Å². The van der Waals surface area contributed by atoms with Gasteiger partial charge in [-0.2, -0.15) is 0 Å². The van der Waals surface area contributed by atoms with Gasteiger partial charge in [0, 0.05) is 97.0 Å². The van der Waals surface area contributed by atoms with Crippen LogP contribution < -0.4 is 63.1 Å². The number of aryl methyl sites for hydroxylation is 8. The third-order valence-corrected chi connectivity index (χ3v) is 23.5. The van der Waals surface area contributed by atoms with E-state index in [9.17, 15) is 77.0 Å². The molecule has 4 unspecified atom stereocenters. The molecular weight excluding hydrogens is 1690 g/mol. The molecule has 8 aromatic rings. The van der Waals surface area contributed by atoms with Crippen molar-refractivity contribution in [3.63, 3.8) is 0 Å². The monoisotopic (exact) mass is 1770 g/mol. The van der Waals surface area contributed by atoms with Gasteiger partial charge >= 0.3 is 54.0 Å². The van der Waals surface area contributed by atoms with Crippen molar-refractivity contribution in [1.29, 1.82) is 0 Å². The molecule has 0 amide bonds. The molecule has 4 aromatic heterocycles. The molecule has 4 saturated heterocycles. The molecule has 40 nitrogen and oxygen atoms in total. The van der Waals surface area contributed by atoms with E-state index in [1.807, 2.05) is 65.8 Å². The summed E-state index contributed by atoms with van der Waals surface area (Å²) in [7, 11) is -17.7. The van der Waals surface area contributed by atoms with Gasteiger partial charge in [-0.15, -0.1) is 0 Å². The second-order valence-corrected chi connectivity index (χ2v) is 34.8. The standard InChI is InChI=1S/4C18H20FN2O8P/c4*1-10-5-11(2)15-12(6-10)8-26-30(25,29-15)27-9-18(19)7-13(22)16(28-18)21-4-3-14(23)20-17(21)24/h4*3-6,13,16,22H,7-9H2,1-2H3,(H,20,23,24)/t4*13-,16-,18+,30?/m1111/s1/i9D2,16D;16D;9D2;. The first-order valence-corrected chi connectivity index (χ1v) is 41.7. The lowest BCUT2D eigenvalue weighted by atomic mass is 10.1. The average molecular weight is 1780 g/mol. The zero-order valence-electron chi connectivity index (χ0n) is 70.1. The molecule has 0 spiro atoms. The van der Waals surface area contributed by atoms with Gasteiger partial charge in [0.05, 0.1) is 34.7 Å². The van der Waals surface area contributed by atoms with E-state index in [2.05, 4.69) is 0 Å². The number of aliphatic hydroxyl groups is 4. The largest absolute Gasteiger partial charge is 0.530 e. The van der Waals surface area contributed by atoms with E-state index in [1.165, 1.54) is 0 Å². The number of benzene rings is 4. The summed E-state index contributed by atoms with van der Waals surface area (Å²) in [6.07, 6.45) is -15.2. The number of hydrogen-bond donors (Lipinski definition) is 8. The summed E-state index contributed by atoms with van der Waals surface area (Å²) in [6.45, 7) is 4.91. The lowest BCUT2D eigenvalue weighted by molar-refractivity contribution is -0.179. The van der Waals surface area contributed by atoms with Crippen LogP contribution in [0.5, 0.6) is 23.0 Å². The van der Waals surface area contributed by atoms with Gasteiger partial charge in [-0.1, -0.05) is 70.8 Å². The number of alkyl halides is 4. The van der Waals surface area contributed by atoms with Crippen LogP contribution in [-0.2, 0) is 99.8 Å². The van der Waals surface area contributed by atoms with Gasteiger partial charge in [-0.3, -0.25) is 93.6 Å². The summed E-state index contributed by atoms with van der Waals surface area (Å²) in [6, 6.07) is 18.0. The maximum atomic E-state index is 15.7. The fourth-order valence-electron chi connectivity index (χ4n) is 13.5. The van der Waals surface area contributed by atoms with E-state index in [-0.39, 0.29) is 37.9 Å². The molecule has 4 fully saturated rings. The van der Waals surface area contributed by atoms with Gasteiger partial charge in [-0.05, 0) is 77.6 Å². The predicted molar refractivity (Wildman–Crippen MR) is 403 cm³/mol. The molecule has 16 rings (SSSR count). The minimum absolute atomic E-state index is 0.0344. The number of nitrogens with zero attached hydrogens (tertiary/aromatic N) is 4. The van der Waals surface area contributed by atoms with E-state index < -0.39 is 201 Å². The molecule has 0 aliphatic carbocycles. The second kappa shape index (κ2) is 34.3. The molecule has 8 N–H and O–H groups in total.